The van der Waals surface area contributed by atoms with Gasteiger partial charge >= 0.3 is 0 Å². The molecule has 2 atom stereocenters. The number of carbonyl (C=O) groups is 1. The van der Waals surface area contributed by atoms with Crippen LogP contribution in [0.3, 0.4) is 0 Å². The number of rotatable bonds is 5. The van der Waals surface area contributed by atoms with Crippen molar-refractivity contribution in [3.8, 4) is 6.07 Å². The van der Waals surface area contributed by atoms with E-state index in [1.807, 2.05) is 39.7 Å². The number of likely N-dealkylation sites (tertiary alicyclic amines) is 1. The van der Waals surface area contributed by atoms with Crippen LogP contribution in [0, 0.1) is 11.3 Å². The number of aryl methyl sites for hydroxylation is 1. The van der Waals surface area contributed by atoms with Crippen LogP contribution in [-0.4, -0.2) is 55.6 Å². The molecule has 1 amide bonds. The van der Waals surface area contributed by atoms with Crippen molar-refractivity contribution in [2.24, 2.45) is 0 Å². The number of hydrogen-bond acceptors (Lipinski definition) is 6. The van der Waals surface area contributed by atoms with Crippen LogP contribution in [0.4, 0.5) is 5.82 Å². The van der Waals surface area contributed by atoms with Gasteiger partial charge in [-0.1, -0.05) is 6.07 Å². The second-order valence-electron chi connectivity index (χ2n) is 8.01. The van der Waals surface area contributed by atoms with Crippen LogP contribution in [0.2, 0.25) is 0 Å². The lowest BCUT2D eigenvalue weighted by molar-refractivity contribution is -0.132. The third-order valence-corrected chi connectivity index (χ3v) is 6.18. The third kappa shape index (κ3) is 3.36. The molecule has 0 aliphatic carbocycles. The molecule has 8 nitrogen and oxygen atoms in total. The molecule has 8 heteroatoms. The fraction of sp³-hybridized carbons (Fsp3) is 0.409. The number of amides is 1. The summed E-state index contributed by atoms with van der Waals surface area (Å²) in [6.45, 7) is 1.49. The molecule has 2 aliphatic heterocycles. The van der Waals surface area contributed by atoms with Crippen molar-refractivity contribution in [1.29, 1.82) is 5.26 Å². The average Bonchev–Trinajstić information content (AvgIpc) is 3.36. The highest BCUT2D eigenvalue weighted by Crippen LogP contribution is 2.34. The van der Waals surface area contributed by atoms with Gasteiger partial charge in [0.05, 0.1) is 5.56 Å². The van der Waals surface area contributed by atoms with Crippen molar-refractivity contribution < 1.29 is 4.79 Å². The molecule has 152 valence electrons. The Kier molecular flexibility index (Phi) is 4.79. The smallest absolute Gasteiger partial charge is 0.222 e. The standard InChI is InChI=1S/C22H23N7O/c23-11-16-7-10-20(24-12-16)28-18-8-9-19(28)14-27(13-18)22(30)6-2-4-17-3-1-5-21-25-15-26-29(17)21/h1,3,5,7,10,12,15,18-19H,2,4,6,8-9,13-14H2. The van der Waals surface area contributed by atoms with E-state index in [1.54, 1.807) is 12.5 Å². The van der Waals surface area contributed by atoms with Gasteiger partial charge in [-0.05, 0) is 49.9 Å². The summed E-state index contributed by atoms with van der Waals surface area (Å²) in [6, 6.07) is 12.4. The Morgan fingerprint density at radius 3 is 2.70 bits per heavy atom. The molecule has 0 radical (unpaired) electrons. The summed E-state index contributed by atoms with van der Waals surface area (Å²) in [5, 5.41) is 13.2. The van der Waals surface area contributed by atoms with Crippen molar-refractivity contribution in [2.45, 2.75) is 44.2 Å². The number of piperazine rings is 1. The van der Waals surface area contributed by atoms with Crippen molar-refractivity contribution >= 4 is 17.4 Å². The fourth-order valence-corrected chi connectivity index (χ4v) is 4.75. The highest BCUT2D eigenvalue weighted by Gasteiger charge is 2.41. The third-order valence-electron chi connectivity index (χ3n) is 6.18. The summed E-state index contributed by atoms with van der Waals surface area (Å²) >= 11 is 0. The van der Waals surface area contributed by atoms with Gasteiger partial charge in [-0.15, -0.1) is 0 Å². The molecule has 5 rings (SSSR count). The van der Waals surface area contributed by atoms with Crippen LogP contribution in [0.1, 0.15) is 36.9 Å². The van der Waals surface area contributed by atoms with Crippen LogP contribution >= 0.6 is 0 Å². The van der Waals surface area contributed by atoms with E-state index >= 15 is 0 Å². The van der Waals surface area contributed by atoms with Crippen LogP contribution in [0.25, 0.3) is 5.65 Å². The quantitative estimate of drug-likeness (QED) is 0.651. The van der Waals surface area contributed by atoms with Crippen molar-refractivity contribution in [2.75, 3.05) is 18.0 Å². The average molecular weight is 401 g/mol. The number of anilines is 1. The van der Waals surface area contributed by atoms with E-state index in [9.17, 15) is 4.79 Å². The Labute approximate surface area is 174 Å². The number of fused-ring (bicyclic) bond motifs is 3. The van der Waals surface area contributed by atoms with Crippen LogP contribution in [-0.2, 0) is 11.2 Å². The van der Waals surface area contributed by atoms with E-state index in [0.717, 1.165) is 55.9 Å². The Bertz CT molecular complexity index is 1090. The lowest BCUT2D eigenvalue weighted by atomic mass is 10.1. The van der Waals surface area contributed by atoms with Gasteiger partial charge in [0.1, 0.15) is 18.2 Å². The molecule has 0 aromatic carbocycles. The Hall–Kier alpha value is -3.47. The largest absolute Gasteiger partial charge is 0.347 e. The van der Waals surface area contributed by atoms with E-state index in [0.29, 0.717) is 24.1 Å². The molecule has 0 saturated carbocycles. The topological polar surface area (TPSA) is 90.4 Å². The zero-order chi connectivity index (χ0) is 20.5. The molecular weight excluding hydrogens is 378 g/mol. The Morgan fingerprint density at radius 1 is 1.13 bits per heavy atom. The minimum Gasteiger partial charge on any atom is -0.347 e. The maximum absolute atomic E-state index is 12.9. The summed E-state index contributed by atoms with van der Waals surface area (Å²) < 4.78 is 1.84. The summed E-state index contributed by atoms with van der Waals surface area (Å²) in [5.41, 5.74) is 2.49. The van der Waals surface area contributed by atoms with Gasteiger partial charge in [-0.25, -0.2) is 14.5 Å². The molecule has 2 aliphatic rings. The molecule has 5 heterocycles. The van der Waals surface area contributed by atoms with Gasteiger partial charge < -0.3 is 9.80 Å². The number of aromatic nitrogens is 4. The predicted molar refractivity (Wildman–Crippen MR) is 111 cm³/mol. The molecule has 2 fully saturated rings. The normalized spacial score (nSPS) is 20.5. The predicted octanol–water partition coefficient (Wildman–Crippen LogP) is 2.20. The van der Waals surface area contributed by atoms with Gasteiger partial charge in [-0.2, -0.15) is 10.4 Å². The highest BCUT2D eigenvalue weighted by molar-refractivity contribution is 5.76. The Balaban J connectivity index is 1.19. The summed E-state index contributed by atoms with van der Waals surface area (Å²) in [4.78, 5) is 25.9. The van der Waals surface area contributed by atoms with E-state index in [4.69, 9.17) is 5.26 Å². The molecule has 0 spiro atoms. The number of hydrogen-bond donors (Lipinski definition) is 0. The zero-order valence-electron chi connectivity index (χ0n) is 16.7. The van der Waals surface area contributed by atoms with E-state index in [-0.39, 0.29) is 5.91 Å². The van der Waals surface area contributed by atoms with E-state index < -0.39 is 0 Å². The molecule has 30 heavy (non-hydrogen) atoms. The minimum atomic E-state index is 0.227. The maximum atomic E-state index is 12.9. The molecule has 0 N–H and O–H groups in total. The lowest BCUT2D eigenvalue weighted by Crippen LogP contribution is -2.55. The first kappa shape index (κ1) is 18.6. The molecule has 2 saturated heterocycles. The maximum Gasteiger partial charge on any atom is 0.222 e. The van der Waals surface area contributed by atoms with Gasteiger partial charge in [0.25, 0.3) is 0 Å². The summed E-state index contributed by atoms with van der Waals surface area (Å²) in [7, 11) is 0. The first-order chi connectivity index (χ1) is 14.7. The van der Waals surface area contributed by atoms with Gasteiger partial charge in [0, 0.05) is 43.5 Å². The van der Waals surface area contributed by atoms with Crippen molar-refractivity contribution in [3.63, 3.8) is 0 Å². The lowest BCUT2D eigenvalue weighted by Gasteiger charge is -2.41. The van der Waals surface area contributed by atoms with Crippen molar-refractivity contribution in [3.05, 3.63) is 54.1 Å². The number of pyridine rings is 2. The number of nitrogens with zero attached hydrogens (tertiary/aromatic N) is 7. The van der Waals surface area contributed by atoms with E-state index in [1.165, 1.54) is 0 Å². The summed E-state index contributed by atoms with van der Waals surface area (Å²) in [6.07, 6.45) is 7.47. The monoisotopic (exact) mass is 401 g/mol. The van der Waals surface area contributed by atoms with Gasteiger partial charge in [0.2, 0.25) is 5.91 Å². The van der Waals surface area contributed by atoms with Crippen LogP contribution in [0.15, 0.2) is 42.9 Å². The van der Waals surface area contributed by atoms with E-state index in [2.05, 4.69) is 26.0 Å². The second kappa shape index (κ2) is 7.75. The van der Waals surface area contributed by atoms with Crippen LogP contribution < -0.4 is 4.90 Å². The van der Waals surface area contributed by atoms with Gasteiger partial charge in [-0.3, -0.25) is 4.79 Å². The minimum absolute atomic E-state index is 0.227. The van der Waals surface area contributed by atoms with Gasteiger partial charge in [0.15, 0.2) is 5.65 Å². The highest BCUT2D eigenvalue weighted by atomic mass is 16.2. The number of nitriles is 1. The van der Waals surface area contributed by atoms with Crippen LogP contribution in [0.5, 0.6) is 0 Å². The molecule has 3 aromatic heterocycles. The first-order valence-corrected chi connectivity index (χ1v) is 10.4. The Morgan fingerprint density at radius 2 is 1.97 bits per heavy atom. The molecule has 2 bridgehead atoms. The SMILES string of the molecule is N#Cc1ccc(N2C3CCC2CN(C(=O)CCCc2cccc4ncnn24)C3)nc1. The zero-order valence-corrected chi connectivity index (χ0v) is 16.7. The molecule has 2 unspecified atom stereocenters. The molecule has 3 aromatic rings. The molecular formula is C22H23N7O. The second-order valence-corrected chi connectivity index (χ2v) is 8.01. The number of carbonyl (C=O) groups excluding carboxylic acids is 1. The first-order valence-electron chi connectivity index (χ1n) is 10.4. The fourth-order valence-electron chi connectivity index (χ4n) is 4.75. The van der Waals surface area contributed by atoms with Crippen molar-refractivity contribution in [1.82, 2.24) is 24.5 Å². The summed E-state index contributed by atoms with van der Waals surface area (Å²) in [5.74, 6) is 1.14.